The average molecular weight is 341 g/mol. The van der Waals surface area contributed by atoms with E-state index < -0.39 is 11.8 Å². The molecule has 25 heavy (non-hydrogen) atoms. The van der Waals surface area contributed by atoms with Crippen LogP contribution in [0, 0.1) is 11.3 Å². The highest BCUT2D eigenvalue weighted by atomic mass is 16.5. The highest BCUT2D eigenvalue weighted by Crippen LogP contribution is 2.27. The smallest absolute Gasteiger partial charge is 0.243 e. The Labute approximate surface area is 147 Å². The summed E-state index contributed by atoms with van der Waals surface area (Å²) >= 11 is 0. The van der Waals surface area contributed by atoms with Crippen LogP contribution in [-0.2, 0) is 9.53 Å². The van der Waals surface area contributed by atoms with Crippen LogP contribution in [0.1, 0.15) is 25.5 Å². The molecular weight excluding hydrogens is 318 g/mol. The minimum atomic E-state index is -1.02. The number of carbonyl (C=O) groups is 1. The number of para-hydroxylation sites is 2. The van der Waals surface area contributed by atoms with Gasteiger partial charge in [-0.2, -0.15) is 5.26 Å². The first-order valence-corrected chi connectivity index (χ1v) is 8.34. The fourth-order valence-corrected chi connectivity index (χ4v) is 2.58. The number of amides is 1. The molecule has 0 saturated carbocycles. The molecule has 0 bridgehead atoms. The Morgan fingerprint density at radius 1 is 1.28 bits per heavy atom. The maximum atomic E-state index is 12.5. The third kappa shape index (κ3) is 4.22. The fraction of sp³-hybridized carbons (Fsp3) is 0.444. The van der Waals surface area contributed by atoms with Crippen molar-refractivity contribution in [2.45, 2.75) is 19.8 Å². The second kappa shape index (κ2) is 8.94. The van der Waals surface area contributed by atoms with Crippen molar-refractivity contribution in [2.75, 3.05) is 38.3 Å². The lowest BCUT2D eigenvalue weighted by molar-refractivity contribution is -0.121. The first kappa shape index (κ1) is 18.6. The zero-order valence-electron chi connectivity index (χ0n) is 14.8. The second-order valence-electron chi connectivity index (χ2n) is 5.44. The Hall–Kier alpha value is -2.72. The minimum Gasteiger partial charge on any atom is -0.383 e. The summed E-state index contributed by atoms with van der Waals surface area (Å²) in [4.78, 5) is 23.7. The van der Waals surface area contributed by atoms with E-state index in [1.807, 2.05) is 43.0 Å². The number of hydrogen-bond acceptors (Lipinski definition) is 6. The van der Waals surface area contributed by atoms with Gasteiger partial charge < -0.3 is 15.0 Å². The van der Waals surface area contributed by atoms with Gasteiger partial charge in [0, 0.05) is 26.7 Å². The Bertz CT molecular complexity index is 768. The van der Waals surface area contributed by atoms with E-state index in [1.54, 1.807) is 7.11 Å². The number of benzene rings is 1. The predicted molar refractivity (Wildman–Crippen MR) is 96.3 cm³/mol. The normalized spacial score (nSPS) is 11.8. The summed E-state index contributed by atoms with van der Waals surface area (Å²) in [5, 5.41) is 12.3. The summed E-state index contributed by atoms with van der Waals surface area (Å²) in [6, 6.07) is 9.52. The Morgan fingerprint density at radius 2 is 1.92 bits per heavy atom. The first-order valence-electron chi connectivity index (χ1n) is 8.34. The minimum absolute atomic E-state index is 0.342. The van der Waals surface area contributed by atoms with Gasteiger partial charge in [-0.3, -0.25) is 4.79 Å². The molecule has 1 aromatic heterocycles. The van der Waals surface area contributed by atoms with Crippen LogP contribution in [-0.4, -0.2) is 49.2 Å². The quantitative estimate of drug-likeness (QED) is 0.737. The third-order valence-corrected chi connectivity index (χ3v) is 3.91. The molecule has 7 nitrogen and oxygen atoms in total. The monoisotopic (exact) mass is 341 g/mol. The Morgan fingerprint density at radius 3 is 2.48 bits per heavy atom. The molecule has 0 fully saturated rings. The van der Waals surface area contributed by atoms with Crippen LogP contribution in [0.25, 0.3) is 11.0 Å². The van der Waals surface area contributed by atoms with Crippen molar-refractivity contribution < 1.29 is 9.53 Å². The van der Waals surface area contributed by atoms with Gasteiger partial charge in [0.1, 0.15) is 5.69 Å². The summed E-state index contributed by atoms with van der Waals surface area (Å²) in [6.07, 6.45) is 0. The van der Waals surface area contributed by atoms with Gasteiger partial charge >= 0.3 is 0 Å². The number of hydrogen-bond donors (Lipinski definition) is 1. The molecule has 1 amide bonds. The van der Waals surface area contributed by atoms with Gasteiger partial charge in [-0.15, -0.1) is 0 Å². The van der Waals surface area contributed by atoms with Crippen LogP contribution in [0.5, 0.6) is 0 Å². The number of rotatable bonds is 8. The molecule has 1 N–H and O–H groups in total. The molecule has 1 heterocycles. The van der Waals surface area contributed by atoms with Gasteiger partial charge in [-0.05, 0) is 26.0 Å². The number of anilines is 1. The number of ether oxygens (including phenoxy) is 1. The van der Waals surface area contributed by atoms with E-state index in [9.17, 15) is 10.1 Å². The van der Waals surface area contributed by atoms with E-state index in [4.69, 9.17) is 4.74 Å². The molecular formula is C18H23N5O2. The van der Waals surface area contributed by atoms with Crippen LogP contribution in [0.3, 0.4) is 0 Å². The zero-order valence-corrected chi connectivity index (χ0v) is 14.8. The van der Waals surface area contributed by atoms with Crippen molar-refractivity contribution in [3.63, 3.8) is 0 Å². The number of methoxy groups -OCH3 is 1. The molecule has 0 aliphatic rings. The van der Waals surface area contributed by atoms with E-state index in [0.29, 0.717) is 43.3 Å². The number of nitriles is 1. The van der Waals surface area contributed by atoms with Gasteiger partial charge in [-0.25, -0.2) is 9.97 Å². The summed E-state index contributed by atoms with van der Waals surface area (Å²) in [6.45, 7) is 6.15. The van der Waals surface area contributed by atoms with Gasteiger partial charge in [0.2, 0.25) is 5.91 Å². The molecule has 2 rings (SSSR count). The van der Waals surface area contributed by atoms with Gasteiger partial charge in [0.25, 0.3) is 0 Å². The molecule has 7 heteroatoms. The van der Waals surface area contributed by atoms with E-state index in [-0.39, 0.29) is 0 Å². The molecule has 1 aromatic carbocycles. The number of nitrogens with one attached hydrogen (secondary N) is 1. The fourth-order valence-electron chi connectivity index (χ4n) is 2.58. The molecule has 132 valence electrons. The van der Waals surface area contributed by atoms with E-state index in [2.05, 4.69) is 21.4 Å². The SMILES string of the molecule is CCN(CC)c1nc2ccccc2nc1[C@@H](C#N)C(=O)NCCOC. The van der Waals surface area contributed by atoms with Crippen LogP contribution >= 0.6 is 0 Å². The molecule has 2 aromatic rings. The van der Waals surface area contributed by atoms with Crippen LogP contribution < -0.4 is 10.2 Å². The lowest BCUT2D eigenvalue weighted by Gasteiger charge is -2.24. The van der Waals surface area contributed by atoms with Crippen molar-refractivity contribution in [3.8, 4) is 6.07 Å². The number of aromatic nitrogens is 2. The lowest BCUT2D eigenvalue weighted by atomic mass is 10.0. The van der Waals surface area contributed by atoms with E-state index >= 15 is 0 Å². The van der Waals surface area contributed by atoms with Crippen molar-refractivity contribution in [1.29, 1.82) is 5.26 Å². The molecule has 0 aliphatic carbocycles. The van der Waals surface area contributed by atoms with Crippen LogP contribution in [0.15, 0.2) is 24.3 Å². The topological polar surface area (TPSA) is 91.1 Å². The molecule has 0 unspecified atom stereocenters. The molecule has 0 aliphatic heterocycles. The summed E-state index contributed by atoms with van der Waals surface area (Å²) in [5.74, 6) is -0.834. The summed E-state index contributed by atoms with van der Waals surface area (Å²) in [7, 11) is 1.56. The van der Waals surface area contributed by atoms with Crippen molar-refractivity contribution in [2.24, 2.45) is 0 Å². The van der Waals surface area contributed by atoms with Crippen LogP contribution in [0.4, 0.5) is 5.82 Å². The zero-order chi connectivity index (χ0) is 18.2. The number of carbonyl (C=O) groups excluding carboxylic acids is 1. The third-order valence-electron chi connectivity index (χ3n) is 3.91. The largest absolute Gasteiger partial charge is 0.383 e. The van der Waals surface area contributed by atoms with E-state index in [1.165, 1.54) is 0 Å². The maximum absolute atomic E-state index is 12.5. The van der Waals surface area contributed by atoms with Gasteiger partial charge in [-0.1, -0.05) is 12.1 Å². The summed E-state index contributed by atoms with van der Waals surface area (Å²) < 4.78 is 4.93. The van der Waals surface area contributed by atoms with Crippen molar-refractivity contribution in [3.05, 3.63) is 30.0 Å². The predicted octanol–water partition coefficient (Wildman–Crippen LogP) is 1.85. The average Bonchev–Trinajstić information content (AvgIpc) is 2.63. The van der Waals surface area contributed by atoms with Gasteiger partial charge in [0.05, 0.1) is 23.7 Å². The second-order valence-corrected chi connectivity index (χ2v) is 5.44. The van der Waals surface area contributed by atoms with Gasteiger partial charge in [0.15, 0.2) is 11.7 Å². The van der Waals surface area contributed by atoms with Crippen molar-refractivity contribution >= 4 is 22.8 Å². The van der Waals surface area contributed by atoms with Crippen LogP contribution in [0.2, 0.25) is 0 Å². The Kier molecular flexibility index (Phi) is 6.66. The van der Waals surface area contributed by atoms with E-state index in [0.717, 1.165) is 5.52 Å². The first-order chi connectivity index (χ1) is 12.2. The molecule has 0 saturated heterocycles. The summed E-state index contributed by atoms with van der Waals surface area (Å²) in [5.41, 5.74) is 1.79. The molecule has 0 radical (unpaired) electrons. The standard InChI is InChI=1S/C18H23N5O2/c1-4-23(5-2)17-16(13(12-19)18(24)20-10-11-25-3)21-14-8-6-7-9-15(14)22-17/h6-9,13H,4-5,10-11H2,1-3H3,(H,20,24)/t13-/m1/s1. The Balaban J connectivity index is 2.50. The number of nitrogens with zero attached hydrogens (tertiary/aromatic N) is 4. The highest BCUT2D eigenvalue weighted by Gasteiger charge is 2.27. The highest BCUT2D eigenvalue weighted by molar-refractivity contribution is 5.88. The molecule has 0 spiro atoms. The number of fused-ring (bicyclic) bond motifs is 1. The maximum Gasteiger partial charge on any atom is 0.243 e. The molecule has 1 atom stereocenters. The lowest BCUT2D eigenvalue weighted by Crippen LogP contribution is -2.33. The van der Waals surface area contributed by atoms with Crippen molar-refractivity contribution in [1.82, 2.24) is 15.3 Å².